The van der Waals surface area contributed by atoms with Gasteiger partial charge in [0.25, 0.3) is 5.91 Å². The molecule has 2 N–H and O–H groups in total. The fourth-order valence-electron chi connectivity index (χ4n) is 3.48. The van der Waals surface area contributed by atoms with Crippen molar-refractivity contribution in [3.05, 3.63) is 35.4 Å². The van der Waals surface area contributed by atoms with Crippen LogP contribution in [0.3, 0.4) is 0 Å². The maximum absolute atomic E-state index is 12.6. The number of benzene rings is 1. The fourth-order valence-corrected chi connectivity index (χ4v) is 3.48. The maximum atomic E-state index is 12.6. The van der Waals surface area contributed by atoms with Crippen LogP contribution < -0.4 is 10.6 Å². The summed E-state index contributed by atoms with van der Waals surface area (Å²) in [5.41, 5.74) is 1.73. The van der Waals surface area contributed by atoms with Crippen LogP contribution in [-0.2, 0) is 27.4 Å². The summed E-state index contributed by atoms with van der Waals surface area (Å²) in [4.78, 5) is 15.0. The maximum Gasteiger partial charge on any atom is 0.252 e. The van der Waals surface area contributed by atoms with E-state index >= 15 is 0 Å². The van der Waals surface area contributed by atoms with E-state index in [9.17, 15) is 4.79 Å². The average Bonchev–Trinajstić information content (AvgIpc) is 2.68. The molecule has 0 unspecified atom stereocenters. The highest BCUT2D eigenvalue weighted by Gasteiger charge is 2.39. The van der Waals surface area contributed by atoms with Crippen LogP contribution in [0.2, 0.25) is 0 Å². The average molecular weight is 420 g/mol. The summed E-state index contributed by atoms with van der Waals surface area (Å²) in [6.45, 7) is 6.75. The number of halogens is 2. The van der Waals surface area contributed by atoms with Crippen LogP contribution in [0.25, 0.3) is 0 Å². The molecule has 8 heteroatoms. The zero-order chi connectivity index (χ0) is 17.5. The van der Waals surface area contributed by atoms with E-state index in [2.05, 4.69) is 39.8 Å². The minimum atomic E-state index is -0.679. The second-order valence-electron chi connectivity index (χ2n) is 6.84. The SMILES string of the molecule is COC1(C(=O)NCc2ccc(CN3CCOCC3)cc2)CCNCC1.Cl.Cl. The van der Waals surface area contributed by atoms with Crippen LogP contribution in [0, 0.1) is 0 Å². The fraction of sp³-hybridized carbons (Fsp3) is 0.632. The molecule has 0 aromatic heterocycles. The standard InChI is InChI=1S/C19H29N3O3.2ClH/c1-24-19(6-8-20-9-7-19)18(23)21-14-16-2-4-17(5-3-16)15-22-10-12-25-13-11-22;;/h2-5,20H,6-15H2,1H3,(H,21,23);2*1H. The molecule has 2 heterocycles. The number of ether oxygens (including phenoxy) is 2. The van der Waals surface area contributed by atoms with E-state index in [0.717, 1.165) is 51.5 Å². The van der Waals surface area contributed by atoms with E-state index in [-0.39, 0.29) is 30.7 Å². The van der Waals surface area contributed by atoms with Gasteiger partial charge < -0.3 is 20.1 Å². The van der Waals surface area contributed by atoms with Gasteiger partial charge in [-0.15, -0.1) is 24.8 Å². The Bertz CT molecular complexity index is 560. The number of carbonyl (C=O) groups is 1. The third kappa shape index (κ3) is 6.59. The van der Waals surface area contributed by atoms with Crippen molar-refractivity contribution in [1.29, 1.82) is 0 Å². The highest BCUT2D eigenvalue weighted by atomic mass is 35.5. The summed E-state index contributed by atoms with van der Waals surface area (Å²) >= 11 is 0. The van der Waals surface area contributed by atoms with Gasteiger partial charge in [-0.25, -0.2) is 0 Å². The zero-order valence-electron chi connectivity index (χ0n) is 15.9. The number of carbonyl (C=O) groups excluding carboxylic acids is 1. The molecule has 0 spiro atoms. The summed E-state index contributed by atoms with van der Waals surface area (Å²) in [6, 6.07) is 8.48. The summed E-state index contributed by atoms with van der Waals surface area (Å²) in [5, 5.41) is 6.31. The van der Waals surface area contributed by atoms with Crippen LogP contribution in [0.5, 0.6) is 0 Å². The van der Waals surface area contributed by atoms with Crippen molar-refractivity contribution in [2.75, 3.05) is 46.5 Å². The van der Waals surface area contributed by atoms with E-state index in [1.165, 1.54) is 5.56 Å². The first-order valence-corrected chi connectivity index (χ1v) is 9.14. The predicted octanol–water partition coefficient (Wildman–Crippen LogP) is 1.75. The molecular formula is C19H31Cl2N3O3. The first kappa shape index (κ1) is 24.1. The van der Waals surface area contributed by atoms with E-state index in [1.54, 1.807) is 7.11 Å². The smallest absolute Gasteiger partial charge is 0.252 e. The van der Waals surface area contributed by atoms with Gasteiger partial charge in [0.15, 0.2) is 0 Å². The molecule has 6 nitrogen and oxygen atoms in total. The molecule has 0 radical (unpaired) electrons. The second-order valence-corrected chi connectivity index (χ2v) is 6.84. The topological polar surface area (TPSA) is 62.8 Å². The Morgan fingerprint density at radius 2 is 1.74 bits per heavy atom. The van der Waals surface area contributed by atoms with E-state index in [4.69, 9.17) is 9.47 Å². The van der Waals surface area contributed by atoms with Crippen molar-refractivity contribution in [3.8, 4) is 0 Å². The molecule has 1 aromatic rings. The number of hydrogen-bond acceptors (Lipinski definition) is 5. The van der Waals surface area contributed by atoms with Crippen molar-refractivity contribution < 1.29 is 14.3 Å². The van der Waals surface area contributed by atoms with Crippen LogP contribution in [-0.4, -0.2) is 62.9 Å². The minimum Gasteiger partial charge on any atom is -0.379 e. The number of nitrogens with zero attached hydrogens (tertiary/aromatic N) is 1. The highest BCUT2D eigenvalue weighted by Crippen LogP contribution is 2.22. The van der Waals surface area contributed by atoms with Gasteiger partial charge in [0.2, 0.25) is 0 Å². The second kappa shape index (κ2) is 11.8. The minimum absolute atomic E-state index is 0. The van der Waals surface area contributed by atoms with Gasteiger partial charge in [-0.2, -0.15) is 0 Å². The number of nitrogens with one attached hydrogen (secondary N) is 2. The van der Waals surface area contributed by atoms with Crippen LogP contribution >= 0.6 is 24.8 Å². The molecule has 0 bridgehead atoms. The third-order valence-corrected chi connectivity index (χ3v) is 5.20. The molecule has 1 aromatic carbocycles. The Morgan fingerprint density at radius 1 is 1.15 bits per heavy atom. The number of rotatable bonds is 6. The number of methoxy groups -OCH3 is 1. The summed E-state index contributed by atoms with van der Waals surface area (Å²) in [6.07, 6.45) is 1.43. The van der Waals surface area contributed by atoms with E-state index < -0.39 is 5.60 Å². The normalized spacial score (nSPS) is 19.4. The van der Waals surface area contributed by atoms with Crippen molar-refractivity contribution in [2.24, 2.45) is 0 Å². The summed E-state index contributed by atoms with van der Waals surface area (Å²) < 4.78 is 10.9. The lowest BCUT2D eigenvalue weighted by molar-refractivity contribution is -0.146. The van der Waals surface area contributed by atoms with Gasteiger partial charge in [-0.1, -0.05) is 24.3 Å². The van der Waals surface area contributed by atoms with Gasteiger partial charge in [0.05, 0.1) is 13.2 Å². The van der Waals surface area contributed by atoms with Gasteiger partial charge in [0.1, 0.15) is 5.60 Å². The molecule has 0 aliphatic carbocycles. The molecule has 2 saturated heterocycles. The van der Waals surface area contributed by atoms with Crippen LogP contribution in [0.1, 0.15) is 24.0 Å². The van der Waals surface area contributed by atoms with Crippen molar-refractivity contribution in [2.45, 2.75) is 31.5 Å². The van der Waals surface area contributed by atoms with Gasteiger partial charge in [0, 0.05) is 33.3 Å². The van der Waals surface area contributed by atoms with E-state index in [1.807, 2.05) is 0 Å². The Balaban J connectivity index is 0.00000182. The van der Waals surface area contributed by atoms with Crippen LogP contribution in [0.4, 0.5) is 0 Å². The third-order valence-electron chi connectivity index (χ3n) is 5.20. The highest BCUT2D eigenvalue weighted by molar-refractivity contribution is 5.86. The molecule has 2 aliphatic rings. The number of morpholine rings is 1. The number of hydrogen-bond donors (Lipinski definition) is 2. The van der Waals surface area contributed by atoms with Crippen LogP contribution in [0.15, 0.2) is 24.3 Å². The molecule has 154 valence electrons. The Kier molecular flexibility index (Phi) is 10.6. The lowest BCUT2D eigenvalue weighted by Crippen LogP contribution is -2.53. The molecule has 0 atom stereocenters. The Hall–Kier alpha value is -0.890. The van der Waals surface area contributed by atoms with Crippen molar-refractivity contribution in [1.82, 2.24) is 15.5 Å². The molecule has 2 fully saturated rings. The first-order valence-electron chi connectivity index (χ1n) is 9.14. The van der Waals surface area contributed by atoms with Crippen molar-refractivity contribution >= 4 is 30.7 Å². The lowest BCUT2D eigenvalue weighted by Gasteiger charge is -2.34. The first-order chi connectivity index (χ1) is 12.2. The van der Waals surface area contributed by atoms with Gasteiger partial charge in [-0.05, 0) is 37.1 Å². The molecule has 27 heavy (non-hydrogen) atoms. The molecule has 0 saturated carbocycles. The zero-order valence-corrected chi connectivity index (χ0v) is 17.5. The molecule has 3 rings (SSSR count). The predicted molar refractivity (Wildman–Crippen MR) is 111 cm³/mol. The van der Waals surface area contributed by atoms with Gasteiger partial charge in [-0.3, -0.25) is 9.69 Å². The molecular weight excluding hydrogens is 389 g/mol. The van der Waals surface area contributed by atoms with Crippen molar-refractivity contribution in [3.63, 3.8) is 0 Å². The lowest BCUT2D eigenvalue weighted by atomic mass is 9.91. The monoisotopic (exact) mass is 419 g/mol. The number of amides is 1. The van der Waals surface area contributed by atoms with E-state index in [0.29, 0.717) is 19.4 Å². The quantitative estimate of drug-likeness (QED) is 0.735. The number of piperidine rings is 1. The largest absolute Gasteiger partial charge is 0.379 e. The molecule has 2 aliphatic heterocycles. The van der Waals surface area contributed by atoms with Gasteiger partial charge >= 0.3 is 0 Å². The molecule has 1 amide bonds. The summed E-state index contributed by atoms with van der Waals surface area (Å²) in [5.74, 6) is -0.00565. The Labute approximate surface area is 174 Å². The Morgan fingerprint density at radius 3 is 2.33 bits per heavy atom. The summed E-state index contributed by atoms with van der Waals surface area (Å²) in [7, 11) is 1.63.